The summed E-state index contributed by atoms with van der Waals surface area (Å²) in [6, 6.07) is 15.9. The summed E-state index contributed by atoms with van der Waals surface area (Å²) < 4.78 is 0. The van der Waals surface area contributed by atoms with E-state index in [0.29, 0.717) is 6.54 Å². The number of carbonyl (C=O) groups excluding carboxylic acids is 1. The Morgan fingerprint density at radius 1 is 1.14 bits per heavy atom. The molecule has 0 aliphatic heterocycles. The number of aryl methyl sites for hydroxylation is 1. The first kappa shape index (κ1) is 15.4. The van der Waals surface area contributed by atoms with Crippen LogP contribution >= 0.6 is 0 Å². The van der Waals surface area contributed by atoms with Crippen molar-refractivity contribution in [1.82, 2.24) is 9.88 Å². The van der Waals surface area contributed by atoms with Gasteiger partial charge in [0.25, 0.3) is 0 Å². The third-order valence-electron chi connectivity index (χ3n) is 3.67. The van der Waals surface area contributed by atoms with E-state index in [2.05, 4.69) is 9.88 Å². The van der Waals surface area contributed by atoms with Gasteiger partial charge in [-0.15, -0.1) is 0 Å². The molecule has 2 aromatic rings. The molecule has 0 aliphatic rings. The van der Waals surface area contributed by atoms with Crippen molar-refractivity contribution in [2.24, 2.45) is 0 Å². The number of pyridine rings is 1. The molecule has 1 aromatic carbocycles. The molecule has 0 spiro atoms. The predicted molar refractivity (Wildman–Crippen MR) is 85.2 cm³/mol. The first-order chi connectivity index (χ1) is 10.0. The zero-order valence-electron chi connectivity index (χ0n) is 12.9. The fourth-order valence-electron chi connectivity index (χ4n) is 2.60. The molecule has 0 aliphatic carbocycles. The minimum atomic E-state index is -0.500. The highest BCUT2D eigenvalue weighted by atomic mass is 16.1. The second-order valence-electron chi connectivity index (χ2n) is 5.84. The minimum absolute atomic E-state index is 0.500. The van der Waals surface area contributed by atoms with Crippen molar-refractivity contribution in [1.29, 1.82) is 0 Å². The van der Waals surface area contributed by atoms with Crippen LogP contribution < -0.4 is 0 Å². The maximum absolute atomic E-state index is 11.6. The minimum Gasteiger partial charge on any atom is -0.302 e. The third-order valence-corrected chi connectivity index (χ3v) is 3.67. The van der Waals surface area contributed by atoms with Crippen LogP contribution in [0.2, 0.25) is 0 Å². The van der Waals surface area contributed by atoms with Crippen molar-refractivity contribution in [3.05, 3.63) is 65.5 Å². The van der Waals surface area contributed by atoms with E-state index in [1.54, 1.807) is 0 Å². The molecule has 0 fully saturated rings. The molecule has 21 heavy (non-hydrogen) atoms. The standard InChI is InChI=1S/C18H22N2O/c1-15-8-7-11-17(19-15)12-20(3)13-18(2,14-21)16-9-5-4-6-10-16/h4-11,14H,12-13H2,1-3H3. The molecule has 1 aromatic heterocycles. The molecule has 0 radical (unpaired) electrons. The largest absolute Gasteiger partial charge is 0.302 e. The number of aromatic nitrogens is 1. The van der Waals surface area contributed by atoms with E-state index in [1.807, 2.05) is 69.4 Å². The van der Waals surface area contributed by atoms with Crippen molar-refractivity contribution in [3.8, 4) is 0 Å². The summed E-state index contributed by atoms with van der Waals surface area (Å²) in [5.74, 6) is 0. The van der Waals surface area contributed by atoms with Crippen LogP contribution in [0, 0.1) is 6.92 Å². The van der Waals surface area contributed by atoms with Gasteiger partial charge in [0.2, 0.25) is 0 Å². The monoisotopic (exact) mass is 282 g/mol. The van der Waals surface area contributed by atoms with Crippen molar-refractivity contribution in [2.45, 2.75) is 25.8 Å². The maximum atomic E-state index is 11.6. The number of rotatable bonds is 6. The molecule has 1 unspecified atom stereocenters. The Morgan fingerprint density at radius 2 is 1.86 bits per heavy atom. The van der Waals surface area contributed by atoms with Crippen molar-refractivity contribution < 1.29 is 4.79 Å². The molecule has 1 heterocycles. The fourth-order valence-corrected chi connectivity index (χ4v) is 2.60. The van der Waals surface area contributed by atoms with Crippen LogP contribution in [-0.4, -0.2) is 29.8 Å². The van der Waals surface area contributed by atoms with Crippen LogP contribution in [-0.2, 0) is 16.8 Å². The lowest BCUT2D eigenvalue weighted by atomic mass is 9.83. The van der Waals surface area contributed by atoms with E-state index in [4.69, 9.17) is 0 Å². The molecule has 3 heteroatoms. The van der Waals surface area contributed by atoms with E-state index < -0.39 is 5.41 Å². The number of nitrogens with zero attached hydrogens (tertiary/aromatic N) is 2. The molecular formula is C18H22N2O. The Kier molecular flexibility index (Phi) is 4.86. The summed E-state index contributed by atoms with van der Waals surface area (Å²) in [5.41, 5.74) is 2.59. The van der Waals surface area contributed by atoms with E-state index in [9.17, 15) is 4.79 Å². The van der Waals surface area contributed by atoms with Gasteiger partial charge in [0.1, 0.15) is 6.29 Å². The van der Waals surface area contributed by atoms with E-state index >= 15 is 0 Å². The van der Waals surface area contributed by atoms with Gasteiger partial charge in [-0.25, -0.2) is 0 Å². The average molecular weight is 282 g/mol. The normalized spacial score (nSPS) is 13.9. The lowest BCUT2D eigenvalue weighted by Gasteiger charge is -2.29. The first-order valence-corrected chi connectivity index (χ1v) is 7.16. The number of benzene rings is 1. The zero-order chi connectivity index (χ0) is 15.3. The van der Waals surface area contributed by atoms with Crippen molar-refractivity contribution in [2.75, 3.05) is 13.6 Å². The second kappa shape index (κ2) is 6.64. The predicted octanol–water partition coefficient (Wildman–Crippen LogP) is 2.98. The Bertz CT molecular complexity index is 597. The van der Waals surface area contributed by atoms with Crippen LogP contribution in [0.3, 0.4) is 0 Å². The summed E-state index contributed by atoms with van der Waals surface area (Å²) in [5, 5.41) is 0. The Hall–Kier alpha value is -2.00. The van der Waals surface area contributed by atoms with Gasteiger partial charge in [-0.05, 0) is 38.6 Å². The quantitative estimate of drug-likeness (QED) is 0.764. The highest BCUT2D eigenvalue weighted by molar-refractivity contribution is 5.68. The average Bonchev–Trinajstić information content (AvgIpc) is 2.48. The molecule has 0 bridgehead atoms. The van der Waals surface area contributed by atoms with Crippen molar-refractivity contribution in [3.63, 3.8) is 0 Å². The zero-order valence-corrected chi connectivity index (χ0v) is 12.9. The molecular weight excluding hydrogens is 260 g/mol. The van der Waals surface area contributed by atoms with Crippen LogP contribution in [0.25, 0.3) is 0 Å². The number of aldehydes is 1. The summed E-state index contributed by atoms with van der Waals surface area (Å²) in [6.07, 6.45) is 1.04. The van der Waals surface area contributed by atoms with Crippen LogP contribution in [0.1, 0.15) is 23.9 Å². The van der Waals surface area contributed by atoms with E-state index in [1.165, 1.54) is 0 Å². The number of likely N-dealkylation sites (N-methyl/N-ethyl adjacent to an activating group) is 1. The Morgan fingerprint density at radius 3 is 2.48 bits per heavy atom. The molecule has 0 saturated heterocycles. The molecule has 2 rings (SSSR count). The summed E-state index contributed by atoms with van der Waals surface area (Å²) >= 11 is 0. The van der Waals surface area contributed by atoms with Crippen LogP contribution in [0.4, 0.5) is 0 Å². The van der Waals surface area contributed by atoms with Gasteiger partial charge in [0.05, 0.1) is 11.1 Å². The fraction of sp³-hybridized carbons (Fsp3) is 0.333. The van der Waals surface area contributed by atoms with Gasteiger partial charge < -0.3 is 4.79 Å². The third kappa shape index (κ3) is 3.99. The number of hydrogen-bond acceptors (Lipinski definition) is 3. The number of carbonyl (C=O) groups is 1. The first-order valence-electron chi connectivity index (χ1n) is 7.16. The lowest BCUT2D eigenvalue weighted by Crippen LogP contribution is -2.38. The van der Waals surface area contributed by atoms with Crippen LogP contribution in [0.5, 0.6) is 0 Å². The molecule has 3 nitrogen and oxygen atoms in total. The topological polar surface area (TPSA) is 33.2 Å². The van der Waals surface area contributed by atoms with Gasteiger partial charge in [0, 0.05) is 18.8 Å². The highest BCUT2D eigenvalue weighted by Gasteiger charge is 2.27. The molecule has 0 amide bonds. The van der Waals surface area contributed by atoms with Crippen LogP contribution in [0.15, 0.2) is 48.5 Å². The van der Waals surface area contributed by atoms with Gasteiger partial charge >= 0.3 is 0 Å². The molecule has 110 valence electrons. The number of hydrogen-bond donors (Lipinski definition) is 0. The van der Waals surface area contributed by atoms with Crippen molar-refractivity contribution >= 4 is 6.29 Å². The molecule has 0 saturated carbocycles. The Labute approximate surface area is 126 Å². The van der Waals surface area contributed by atoms with Gasteiger partial charge in [0.15, 0.2) is 0 Å². The van der Waals surface area contributed by atoms with Gasteiger partial charge in [-0.2, -0.15) is 0 Å². The summed E-state index contributed by atoms with van der Waals surface area (Å²) in [6.45, 7) is 5.37. The summed E-state index contributed by atoms with van der Waals surface area (Å²) in [4.78, 5) is 18.3. The summed E-state index contributed by atoms with van der Waals surface area (Å²) in [7, 11) is 2.02. The molecule has 1 atom stereocenters. The Balaban J connectivity index is 2.09. The van der Waals surface area contributed by atoms with Gasteiger partial charge in [-0.1, -0.05) is 36.4 Å². The lowest BCUT2D eigenvalue weighted by molar-refractivity contribution is -0.112. The van der Waals surface area contributed by atoms with E-state index in [0.717, 1.165) is 29.8 Å². The highest BCUT2D eigenvalue weighted by Crippen LogP contribution is 2.22. The van der Waals surface area contributed by atoms with E-state index in [-0.39, 0.29) is 0 Å². The smallest absolute Gasteiger partial charge is 0.131 e. The molecule has 0 N–H and O–H groups in total. The van der Waals surface area contributed by atoms with Gasteiger partial charge in [-0.3, -0.25) is 9.88 Å². The SMILES string of the molecule is Cc1cccc(CN(C)CC(C)(C=O)c2ccccc2)n1. The second-order valence-corrected chi connectivity index (χ2v) is 5.84. The maximum Gasteiger partial charge on any atom is 0.131 e.